The van der Waals surface area contributed by atoms with Crippen molar-refractivity contribution in [2.24, 2.45) is 10.8 Å². The summed E-state index contributed by atoms with van der Waals surface area (Å²) in [6.45, 7) is 1.04. The van der Waals surface area contributed by atoms with Crippen LogP contribution in [0.2, 0.25) is 0 Å². The zero-order chi connectivity index (χ0) is 19.6. The van der Waals surface area contributed by atoms with Crippen molar-refractivity contribution in [3.05, 3.63) is 95.6 Å². The van der Waals surface area contributed by atoms with Crippen molar-refractivity contribution in [1.29, 1.82) is 0 Å². The molecule has 0 heterocycles. The fourth-order valence-corrected chi connectivity index (χ4v) is 2.46. The summed E-state index contributed by atoms with van der Waals surface area (Å²) in [5.41, 5.74) is 10.9. The van der Waals surface area contributed by atoms with E-state index in [2.05, 4.69) is 22.7 Å². The number of nitrogens with one attached hydrogen (secondary N) is 1. The van der Waals surface area contributed by atoms with Gasteiger partial charge in [-0.25, -0.2) is 0 Å². The van der Waals surface area contributed by atoms with Crippen molar-refractivity contribution in [3.63, 3.8) is 0 Å². The molecule has 0 spiro atoms. The van der Waals surface area contributed by atoms with Gasteiger partial charge in [-0.3, -0.25) is 5.43 Å². The third-order valence-corrected chi connectivity index (χ3v) is 3.94. The number of hydrogen-bond acceptors (Lipinski definition) is 4. The van der Waals surface area contributed by atoms with Gasteiger partial charge in [-0.1, -0.05) is 42.5 Å². The number of benzene rings is 3. The molecule has 0 aliphatic carbocycles. The number of hydrogen-bond donors (Lipinski definition) is 2. The van der Waals surface area contributed by atoms with E-state index in [0.29, 0.717) is 13.2 Å². The van der Waals surface area contributed by atoms with E-state index in [4.69, 9.17) is 15.2 Å². The van der Waals surface area contributed by atoms with Gasteiger partial charge in [0, 0.05) is 0 Å². The highest BCUT2D eigenvalue weighted by Crippen LogP contribution is 2.17. The summed E-state index contributed by atoms with van der Waals surface area (Å²) in [6, 6.07) is 25.6. The van der Waals surface area contributed by atoms with Crippen LogP contribution in [0.3, 0.4) is 0 Å². The molecule has 0 atom stereocenters. The lowest BCUT2D eigenvalue weighted by Crippen LogP contribution is -2.23. The molecule has 0 amide bonds. The van der Waals surface area contributed by atoms with Crippen molar-refractivity contribution in [3.8, 4) is 11.5 Å². The van der Waals surface area contributed by atoms with Crippen LogP contribution in [0.15, 0.2) is 84.0 Å². The Morgan fingerprint density at radius 3 is 1.93 bits per heavy atom. The molecule has 0 aliphatic heterocycles. The summed E-state index contributed by atoms with van der Waals surface area (Å²) in [5, 5.41) is 4.05. The van der Waals surface area contributed by atoms with Gasteiger partial charge in [0.15, 0.2) is 5.11 Å². The van der Waals surface area contributed by atoms with E-state index in [1.165, 1.54) is 0 Å². The molecule has 0 aliphatic rings. The van der Waals surface area contributed by atoms with Crippen LogP contribution >= 0.6 is 12.2 Å². The SMILES string of the molecule is NC(=S)NN=Cc1ccc(OCc2ccc(OCc3ccccc3)cc2)cc1. The standard InChI is InChI=1S/C22H21N3O2S/c23-22(28)25-24-14-17-6-10-20(11-7-17)27-16-19-8-12-21(13-9-19)26-15-18-4-2-1-3-5-18/h1-14H,15-16H2,(H3,23,25,28). The van der Waals surface area contributed by atoms with Crippen LogP contribution < -0.4 is 20.6 Å². The Kier molecular flexibility index (Phi) is 6.98. The van der Waals surface area contributed by atoms with E-state index in [9.17, 15) is 0 Å². The molecule has 3 N–H and O–H groups in total. The quantitative estimate of drug-likeness (QED) is 0.345. The van der Waals surface area contributed by atoms with Crippen molar-refractivity contribution in [1.82, 2.24) is 5.43 Å². The van der Waals surface area contributed by atoms with Crippen molar-refractivity contribution >= 4 is 23.5 Å². The average Bonchev–Trinajstić information content (AvgIpc) is 2.73. The van der Waals surface area contributed by atoms with E-state index in [1.807, 2.05) is 78.9 Å². The Morgan fingerprint density at radius 1 is 0.821 bits per heavy atom. The lowest BCUT2D eigenvalue weighted by atomic mass is 10.2. The van der Waals surface area contributed by atoms with E-state index in [1.54, 1.807) is 6.21 Å². The smallest absolute Gasteiger partial charge is 0.184 e. The molecule has 6 heteroatoms. The molecule has 3 aromatic carbocycles. The molecule has 0 saturated heterocycles. The van der Waals surface area contributed by atoms with Gasteiger partial charge in [0.2, 0.25) is 0 Å². The first-order valence-electron chi connectivity index (χ1n) is 8.76. The molecule has 3 aromatic rings. The van der Waals surface area contributed by atoms with Gasteiger partial charge in [0.25, 0.3) is 0 Å². The van der Waals surface area contributed by atoms with Gasteiger partial charge < -0.3 is 15.2 Å². The summed E-state index contributed by atoms with van der Waals surface area (Å²) in [6.07, 6.45) is 1.64. The van der Waals surface area contributed by atoms with Gasteiger partial charge in [-0.05, 0) is 65.3 Å². The Balaban J connectivity index is 1.46. The second-order valence-corrected chi connectivity index (χ2v) is 6.45. The number of hydrazone groups is 1. The van der Waals surface area contributed by atoms with Crippen molar-refractivity contribution in [2.75, 3.05) is 0 Å². The van der Waals surface area contributed by atoms with E-state index in [-0.39, 0.29) is 5.11 Å². The van der Waals surface area contributed by atoms with Crippen LogP contribution in [0.4, 0.5) is 0 Å². The lowest BCUT2D eigenvalue weighted by Gasteiger charge is -2.09. The van der Waals surface area contributed by atoms with E-state index < -0.39 is 0 Å². The summed E-state index contributed by atoms with van der Waals surface area (Å²) in [5.74, 6) is 1.62. The first kappa shape index (κ1) is 19.4. The minimum Gasteiger partial charge on any atom is -0.489 e. The molecule has 0 radical (unpaired) electrons. The van der Waals surface area contributed by atoms with Crippen molar-refractivity contribution < 1.29 is 9.47 Å². The van der Waals surface area contributed by atoms with Crippen LogP contribution in [0.1, 0.15) is 16.7 Å². The number of nitrogens with zero attached hydrogens (tertiary/aromatic N) is 1. The normalized spacial score (nSPS) is 10.6. The molecular formula is C22H21N3O2S. The highest BCUT2D eigenvalue weighted by molar-refractivity contribution is 7.80. The molecule has 0 aromatic heterocycles. The number of thiocarbonyl (C=S) groups is 1. The highest BCUT2D eigenvalue weighted by atomic mass is 32.1. The van der Waals surface area contributed by atoms with Gasteiger partial charge in [-0.15, -0.1) is 0 Å². The second-order valence-electron chi connectivity index (χ2n) is 6.01. The summed E-state index contributed by atoms with van der Waals surface area (Å²) < 4.78 is 11.6. The lowest BCUT2D eigenvalue weighted by molar-refractivity contribution is 0.301. The zero-order valence-corrected chi connectivity index (χ0v) is 16.1. The Bertz CT molecular complexity index is 911. The predicted molar refractivity (Wildman–Crippen MR) is 116 cm³/mol. The highest BCUT2D eigenvalue weighted by Gasteiger charge is 1.99. The van der Waals surface area contributed by atoms with Crippen molar-refractivity contribution in [2.45, 2.75) is 13.2 Å². The molecule has 0 bridgehead atoms. The Labute approximate surface area is 169 Å². The summed E-state index contributed by atoms with van der Waals surface area (Å²) in [4.78, 5) is 0. The van der Waals surface area contributed by atoms with Crippen LogP contribution in [-0.2, 0) is 13.2 Å². The zero-order valence-electron chi connectivity index (χ0n) is 15.2. The largest absolute Gasteiger partial charge is 0.489 e. The average molecular weight is 391 g/mol. The minimum absolute atomic E-state index is 0.132. The van der Waals surface area contributed by atoms with Gasteiger partial charge in [0.1, 0.15) is 24.7 Å². The number of nitrogens with two attached hydrogens (primary N) is 1. The molecule has 0 unspecified atom stereocenters. The van der Waals surface area contributed by atoms with Gasteiger partial charge in [-0.2, -0.15) is 5.10 Å². The molecule has 28 heavy (non-hydrogen) atoms. The number of ether oxygens (including phenoxy) is 2. The molecule has 5 nitrogen and oxygen atoms in total. The van der Waals surface area contributed by atoms with Crippen LogP contribution in [0.5, 0.6) is 11.5 Å². The molecule has 142 valence electrons. The second kappa shape index (κ2) is 10.1. The Morgan fingerprint density at radius 2 is 1.36 bits per heavy atom. The fraction of sp³-hybridized carbons (Fsp3) is 0.0909. The van der Waals surface area contributed by atoms with Crippen LogP contribution in [0.25, 0.3) is 0 Å². The Hall–Kier alpha value is -3.38. The summed E-state index contributed by atoms with van der Waals surface area (Å²) in [7, 11) is 0. The third kappa shape index (κ3) is 6.41. The van der Waals surface area contributed by atoms with Crippen LogP contribution in [0, 0.1) is 0 Å². The maximum atomic E-state index is 5.82. The first-order chi connectivity index (χ1) is 13.7. The van der Waals surface area contributed by atoms with Gasteiger partial charge in [0.05, 0.1) is 6.21 Å². The predicted octanol–water partition coefficient (Wildman–Crippen LogP) is 4.01. The third-order valence-electron chi connectivity index (χ3n) is 3.85. The molecule has 3 rings (SSSR count). The van der Waals surface area contributed by atoms with Gasteiger partial charge >= 0.3 is 0 Å². The number of rotatable bonds is 8. The van der Waals surface area contributed by atoms with E-state index >= 15 is 0 Å². The molecular weight excluding hydrogens is 370 g/mol. The monoisotopic (exact) mass is 391 g/mol. The summed E-state index contributed by atoms with van der Waals surface area (Å²) >= 11 is 4.68. The van der Waals surface area contributed by atoms with E-state index in [0.717, 1.165) is 28.2 Å². The molecule has 0 saturated carbocycles. The fourth-order valence-electron chi connectivity index (χ4n) is 2.41. The van der Waals surface area contributed by atoms with Crippen LogP contribution in [-0.4, -0.2) is 11.3 Å². The topological polar surface area (TPSA) is 68.9 Å². The maximum Gasteiger partial charge on any atom is 0.184 e. The first-order valence-corrected chi connectivity index (χ1v) is 9.17. The maximum absolute atomic E-state index is 5.82. The minimum atomic E-state index is 0.132. The molecule has 0 fully saturated rings.